The number of hydrogen-bond donors (Lipinski definition) is 0. The van der Waals surface area contributed by atoms with Crippen molar-refractivity contribution >= 4 is 5.97 Å². The van der Waals surface area contributed by atoms with Crippen molar-refractivity contribution in [3.63, 3.8) is 0 Å². The Labute approximate surface area is 140 Å². The minimum Gasteiger partial charge on any atom is -0.449 e. The molecule has 0 saturated carbocycles. The number of aryl methyl sites for hydroxylation is 1. The Kier molecular flexibility index (Phi) is 4.42. The molecule has 0 aliphatic rings. The number of nitrogens with zero attached hydrogens (tertiary/aromatic N) is 2. The zero-order valence-corrected chi connectivity index (χ0v) is 13.8. The molecule has 1 atom stereocenters. The van der Waals surface area contributed by atoms with Crippen LogP contribution in [0.5, 0.6) is 0 Å². The minimum absolute atomic E-state index is 0.271. The van der Waals surface area contributed by atoms with Gasteiger partial charge >= 0.3 is 5.97 Å². The van der Waals surface area contributed by atoms with Crippen molar-refractivity contribution in [2.75, 3.05) is 0 Å². The Morgan fingerprint density at radius 3 is 2.54 bits per heavy atom. The second-order valence-corrected chi connectivity index (χ2v) is 5.61. The van der Waals surface area contributed by atoms with E-state index in [9.17, 15) is 4.79 Å². The quantitative estimate of drug-likeness (QED) is 0.671. The largest absolute Gasteiger partial charge is 0.449 e. The van der Waals surface area contributed by atoms with Gasteiger partial charge in [-0.1, -0.05) is 30.3 Å². The Hall–Kier alpha value is -2.95. The minimum atomic E-state index is -0.623. The molecule has 1 unspecified atom stereocenters. The summed E-state index contributed by atoms with van der Waals surface area (Å²) in [6, 6.07) is 15.0. The van der Waals surface area contributed by atoms with E-state index in [1.807, 2.05) is 56.3 Å². The lowest BCUT2D eigenvalue weighted by molar-refractivity contribution is 0.0279. The smallest absolute Gasteiger partial charge is 0.339 e. The average Bonchev–Trinajstić information content (AvgIpc) is 3.08. The van der Waals surface area contributed by atoms with Gasteiger partial charge in [-0.2, -0.15) is 0 Å². The summed E-state index contributed by atoms with van der Waals surface area (Å²) in [6.07, 6.45) is -0.623. The second kappa shape index (κ2) is 6.66. The molecular formula is C19H18N2O3. The fraction of sp³-hybridized carbons (Fsp3) is 0.211. The monoisotopic (exact) mass is 322 g/mol. The third-order valence-corrected chi connectivity index (χ3v) is 3.92. The summed E-state index contributed by atoms with van der Waals surface area (Å²) in [4.78, 5) is 12.4. The first-order valence-corrected chi connectivity index (χ1v) is 7.72. The van der Waals surface area contributed by atoms with Crippen LogP contribution in [-0.2, 0) is 4.74 Å². The molecule has 0 spiro atoms. The maximum Gasteiger partial charge on any atom is 0.339 e. The standard InChI is InChI=1S/C19H18N2O3/c1-12-8-7-11-16(13(12)2)19(22)23-14(3)17-20-21-18(24-17)15-9-5-4-6-10-15/h4-11,14H,1-3H3. The van der Waals surface area contributed by atoms with Crippen molar-refractivity contribution in [1.29, 1.82) is 0 Å². The van der Waals surface area contributed by atoms with Crippen LogP contribution in [-0.4, -0.2) is 16.2 Å². The van der Waals surface area contributed by atoms with Gasteiger partial charge in [-0.05, 0) is 50.1 Å². The highest BCUT2D eigenvalue weighted by molar-refractivity contribution is 5.91. The summed E-state index contributed by atoms with van der Waals surface area (Å²) in [6.45, 7) is 5.57. The molecule has 1 heterocycles. The lowest BCUT2D eigenvalue weighted by Crippen LogP contribution is -2.11. The van der Waals surface area contributed by atoms with Gasteiger partial charge in [0.25, 0.3) is 5.89 Å². The molecule has 0 radical (unpaired) electrons. The van der Waals surface area contributed by atoms with Crippen molar-refractivity contribution in [2.24, 2.45) is 0 Å². The molecule has 5 nitrogen and oxygen atoms in total. The fourth-order valence-corrected chi connectivity index (χ4v) is 2.34. The molecule has 0 saturated heterocycles. The molecule has 0 aliphatic carbocycles. The molecule has 0 N–H and O–H groups in total. The number of carbonyl (C=O) groups is 1. The molecule has 1 aromatic heterocycles. The normalized spacial score (nSPS) is 12.0. The summed E-state index contributed by atoms with van der Waals surface area (Å²) in [5, 5.41) is 8.00. The first-order valence-electron chi connectivity index (χ1n) is 7.72. The van der Waals surface area contributed by atoms with Crippen molar-refractivity contribution < 1.29 is 13.9 Å². The van der Waals surface area contributed by atoms with Gasteiger partial charge < -0.3 is 9.15 Å². The molecular weight excluding hydrogens is 304 g/mol. The third kappa shape index (κ3) is 3.20. The number of hydrogen-bond acceptors (Lipinski definition) is 5. The van der Waals surface area contributed by atoms with Crippen LogP contribution in [0.25, 0.3) is 11.5 Å². The van der Waals surface area contributed by atoms with Crippen LogP contribution in [0.3, 0.4) is 0 Å². The van der Waals surface area contributed by atoms with Gasteiger partial charge in [-0.25, -0.2) is 4.79 Å². The van der Waals surface area contributed by atoms with E-state index in [4.69, 9.17) is 9.15 Å². The number of benzene rings is 2. The van der Waals surface area contributed by atoms with E-state index in [1.54, 1.807) is 13.0 Å². The van der Waals surface area contributed by atoms with E-state index < -0.39 is 12.1 Å². The predicted octanol–water partition coefficient (Wildman–Crippen LogP) is 4.27. The molecule has 0 fully saturated rings. The topological polar surface area (TPSA) is 65.2 Å². The summed E-state index contributed by atoms with van der Waals surface area (Å²) in [5.41, 5.74) is 3.32. The summed E-state index contributed by atoms with van der Waals surface area (Å²) in [5.74, 6) is 0.274. The number of ether oxygens (including phenoxy) is 1. The molecule has 2 aromatic carbocycles. The van der Waals surface area contributed by atoms with Crippen LogP contribution >= 0.6 is 0 Å². The van der Waals surface area contributed by atoms with Crippen molar-refractivity contribution in [1.82, 2.24) is 10.2 Å². The molecule has 3 rings (SSSR count). The zero-order chi connectivity index (χ0) is 17.1. The number of rotatable bonds is 4. The molecule has 122 valence electrons. The van der Waals surface area contributed by atoms with Crippen molar-refractivity contribution in [3.05, 3.63) is 71.1 Å². The first kappa shape index (κ1) is 15.9. The SMILES string of the molecule is Cc1cccc(C(=O)OC(C)c2nnc(-c3ccccc3)o2)c1C. The highest BCUT2D eigenvalue weighted by atomic mass is 16.6. The van der Waals surface area contributed by atoms with Gasteiger partial charge in [0.05, 0.1) is 5.56 Å². The fourth-order valence-electron chi connectivity index (χ4n) is 2.34. The molecule has 0 amide bonds. The lowest BCUT2D eigenvalue weighted by atomic mass is 10.0. The van der Waals surface area contributed by atoms with Gasteiger partial charge in [0.1, 0.15) is 0 Å². The van der Waals surface area contributed by atoms with E-state index in [-0.39, 0.29) is 5.89 Å². The lowest BCUT2D eigenvalue weighted by Gasteiger charge is -2.12. The molecule has 0 bridgehead atoms. The third-order valence-electron chi connectivity index (χ3n) is 3.92. The Morgan fingerprint density at radius 2 is 1.79 bits per heavy atom. The van der Waals surface area contributed by atoms with Crippen LogP contribution in [0.4, 0.5) is 0 Å². The highest BCUT2D eigenvalue weighted by Crippen LogP contribution is 2.23. The Morgan fingerprint density at radius 1 is 1.04 bits per heavy atom. The van der Waals surface area contributed by atoms with Crippen LogP contribution in [0.1, 0.15) is 40.4 Å². The van der Waals surface area contributed by atoms with E-state index in [1.165, 1.54) is 0 Å². The maximum atomic E-state index is 12.4. The van der Waals surface area contributed by atoms with Gasteiger partial charge in [0.15, 0.2) is 6.10 Å². The van der Waals surface area contributed by atoms with Crippen LogP contribution < -0.4 is 0 Å². The van der Waals surface area contributed by atoms with Crippen LogP contribution in [0, 0.1) is 13.8 Å². The molecule has 5 heteroatoms. The number of esters is 1. The molecule has 24 heavy (non-hydrogen) atoms. The summed E-state index contributed by atoms with van der Waals surface area (Å²) in [7, 11) is 0. The second-order valence-electron chi connectivity index (χ2n) is 5.61. The van der Waals surface area contributed by atoms with Gasteiger partial charge in [-0.15, -0.1) is 10.2 Å². The first-order chi connectivity index (χ1) is 11.6. The van der Waals surface area contributed by atoms with Crippen LogP contribution in [0.15, 0.2) is 52.9 Å². The average molecular weight is 322 g/mol. The van der Waals surface area contributed by atoms with Crippen molar-refractivity contribution in [3.8, 4) is 11.5 Å². The highest BCUT2D eigenvalue weighted by Gasteiger charge is 2.21. The maximum absolute atomic E-state index is 12.4. The molecule has 3 aromatic rings. The Balaban J connectivity index is 1.76. The van der Waals surface area contributed by atoms with Crippen molar-refractivity contribution in [2.45, 2.75) is 26.9 Å². The van der Waals surface area contributed by atoms with E-state index in [2.05, 4.69) is 10.2 Å². The predicted molar refractivity (Wildman–Crippen MR) is 89.5 cm³/mol. The zero-order valence-electron chi connectivity index (χ0n) is 13.8. The number of aromatic nitrogens is 2. The van der Waals surface area contributed by atoms with E-state index in [0.29, 0.717) is 11.5 Å². The van der Waals surface area contributed by atoms with Gasteiger partial charge in [-0.3, -0.25) is 0 Å². The van der Waals surface area contributed by atoms with Gasteiger partial charge in [0, 0.05) is 5.56 Å². The molecule has 0 aliphatic heterocycles. The number of carbonyl (C=O) groups excluding carboxylic acids is 1. The van der Waals surface area contributed by atoms with E-state index in [0.717, 1.165) is 16.7 Å². The Bertz CT molecular complexity index is 856. The van der Waals surface area contributed by atoms with Crippen LogP contribution in [0.2, 0.25) is 0 Å². The van der Waals surface area contributed by atoms with Gasteiger partial charge in [0.2, 0.25) is 5.89 Å². The summed E-state index contributed by atoms with van der Waals surface area (Å²) >= 11 is 0. The summed E-state index contributed by atoms with van der Waals surface area (Å²) < 4.78 is 11.1. The van der Waals surface area contributed by atoms with E-state index >= 15 is 0 Å².